The molecule has 20 heavy (non-hydrogen) atoms. The van der Waals surface area contributed by atoms with Crippen molar-refractivity contribution in [2.45, 2.75) is 6.42 Å². The molecule has 1 aliphatic rings. The first-order valence-corrected chi connectivity index (χ1v) is 6.29. The topological polar surface area (TPSA) is 50.3 Å². The Morgan fingerprint density at radius 1 is 1.00 bits per heavy atom. The molecule has 0 aliphatic carbocycles. The number of carbonyl (C=O) groups excluding carboxylic acids is 2. The summed E-state index contributed by atoms with van der Waals surface area (Å²) in [5, 5.41) is 0. The van der Waals surface area contributed by atoms with Gasteiger partial charge in [-0.2, -0.15) is 0 Å². The number of rotatable bonds is 2. The van der Waals surface area contributed by atoms with Crippen LogP contribution in [0.4, 0.5) is 5.69 Å². The molecule has 0 radical (unpaired) electrons. The van der Waals surface area contributed by atoms with Gasteiger partial charge in [0.1, 0.15) is 0 Å². The molecule has 0 saturated carbocycles. The highest BCUT2D eigenvalue weighted by molar-refractivity contribution is 6.29. The minimum absolute atomic E-state index is 0.115. The number of nitrogens with zero attached hydrogens (tertiary/aromatic N) is 2. The van der Waals surface area contributed by atoms with Crippen LogP contribution in [0.2, 0.25) is 0 Å². The summed E-state index contributed by atoms with van der Waals surface area (Å²) >= 11 is 0. The summed E-state index contributed by atoms with van der Waals surface area (Å²) in [4.78, 5) is 29.7. The van der Waals surface area contributed by atoms with Gasteiger partial charge >= 0.3 is 0 Å². The molecule has 1 saturated heterocycles. The number of hydrogen-bond donors (Lipinski definition) is 0. The SMILES string of the molecule is O=C1C/C(=C\c2ccccn2)C(=O)N1c1ccccc1. The molecular formula is C16H12N2O2. The number of amides is 2. The summed E-state index contributed by atoms with van der Waals surface area (Å²) in [6, 6.07) is 14.4. The van der Waals surface area contributed by atoms with Gasteiger partial charge in [-0.05, 0) is 30.3 Å². The van der Waals surface area contributed by atoms with Gasteiger partial charge in [-0.1, -0.05) is 24.3 Å². The molecule has 0 atom stereocenters. The normalized spacial score (nSPS) is 17.0. The smallest absolute Gasteiger partial charge is 0.261 e. The molecule has 0 spiro atoms. The zero-order chi connectivity index (χ0) is 13.9. The van der Waals surface area contributed by atoms with Crippen molar-refractivity contribution in [3.63, 3.8) is 0 Å². The number of hydrogen-bond acceptors (Lipinski definition) is 3. The predicted octanol–water partition coefficient (Wildman–Crippen LogP) is 2.43. The van der Waals surface area contributed by atoms with Crippen molar-refractivity contribution in [1.29, 1.82) is 0 Å². The number of anilines is 1. The maximum Gasteiger partial charge on any atom is 0.261 e. The van der Waals surface area contributed by atoms with Crippen LogP contribution >= 0.6 is 0 Å². The van der Waals surface area contributed by atoms with Gasteiger partial charge in [0.25, 0.3) is 5.91 Å². The van der Waals surface area contributed by atoms with Crippen molar-refractivity contribution in [3.8, 4) is 0 Å². The third-order valence-corrected chi connectivity index (χ3v) is 3.09. The Kier molecular flexibility index (Phi) is 3.13. The Labute approximate surface area is 116 Å². The maximum atomic E-state index is 12.3. The van der Waals surface area contributed by atoms with Crippen molar-refractivity contribution >= 4 is 23.6 Å². The standard InChI is InChI=1S/C16H12N2O2/c19-15-11-12(10-13-6-4-5-9-17-13)16(20)18(15)14-7-2-1-3-8-14/h1-10H,11H2/b12-10+. The molecule has 3 rings (SSSR count). The largest absolute Gasteiger partial charge is 0.274 e. The van der Waals surface area contributed by atoms with Gasteiger partial charge in [0, 0.05) is 11.8 Å². The number of benzene rings is 1. The second-order valence-electron chi connectivity index (χ2n) is 4.47. The lowest BCUT2D eigenvalue weighted by Gasteiger charge is -2.12. The Morgan fingerprint density at radius 3 is 2.45 bits per heavy atom. The van der Waals surface area contributed by atoms with Gasteiger partial charge in [0.05, 0.1) is 17.8 Å². The van der Waals surface area contributed by atoms with Crippen LogP contribution in [0.3, 0.4) is 0 Å². The third kappa shape index (κ3) is 2.23. The Bertz CT molecular complexity index is 678. The van der Waals surface area contributed by atoms with Crippen LogP contribution in [0, 0.1) is 0 Å². The lowest BCUT2D eigenvalue weighted by Crippen LogP contribution is -2.28. The van der Waals surface area contributed by atoms with Crippen LogP contribution in [0.15, 0.2) is 60.3 Å². The van der Waals surface area contributed by atoms with Gasteiger partial charge < -0.3 is 0 Å². The Morgan fingerprint density at radius 2 is 1.75 bits per heavy atom. The second-order valence-corrected chi connectivity index (χ2v) is 4.47. The van der Waals surface area contributed by atoms with E-state index in [-0.39, 0.29) is 18.2 Å². The first-order chi connectivity index (χ1) is 9.75. The van der Waals surface area contributed by atoms with E-state index >= 15 is 0 Å². The summed E-state index contributed by atoms with van der Waals surface area (Å²) in [5.74, 6) is -0.477. The van der Waals surface area contributed by atoms with E-state index in [1.54, 1.807) is 48.7 Å². The predicted molar refractivity (Wildman–Crippen MR) is 75.8 cm³/mol. The highest BCUT2D eigenvalue weighted by Crippen LogP contribution is 2.26. The highest BCUT2D eigenvalue weighted by Gasteiger charge is 2.34. The molecule has 1 aromatic carbocycles. The van der Waals surface area contributed by atoms with Gasteiger partial charge in [-0.15, -0.1) is 0 Å². The van der Waals surface area contributed by atoms with E-state index in [1.165, 1.54) is 4.90 Å². The first kappa shape index (κ1) is 12.3. The van der Waals surface area contributed by atoms with Crippen molar-refractivity contribution < 1.29 is 9.59 Å². The second kappa shape index (κ2) is 5.09. The number of aromatic nitrogens is 1. The zero-order valence-corrected chi connectivity index (χ0v) is 10.7. The molecule has 2 aromatic rings. The van der Waals surface area contributed by atoms with E-state index in [4.69, 9.17) is 0 Å². The van der Waals surface area contributed by atoms with Crippen LogP contribution in [0.1, 0.15) is 12.1 Å². The fourth-order valence-corrected chi connectivity index (χ4v) is 2.17. The van der Waals surface area contributed by atoms with E-state index in [2.05, 4.69) is 4.98 Å². The first-order valence-electron chi connectivity index (χ1n) is 6.29. The van der Waals surface area contributed by atoms with Crippen LogP contribution in [0.5, 0.6) is 0 Å². The number of carbonyl (C=O) groups is 2. The van der Waals surface area contributed by atoms with Gasteiger partial charge in [0.2, 0.25) is 5.91 Å². The zero-order valence-electron chi connectivity index (χ0n) is 10.7. The summed E-state index contributed by atoms with van der Waals surface area (Å²) < 4.78 is 0. The van der Waals surface area contributed by atoms with Crippen molar-refractivity contribution in [3.05, 3.63) is 66.0 Å². The Balaban J connectivity index is 1.93. The maximum absolute atomic E-state index is 12.3. The molecule has 4 heteroatoms. The number of imide groups is 1. The third-order valence-electron chi connectivity index (χ3n) is 3.09. The monoisotopic (exact) mass is 264 g/mol. The van der Waals surface area contributed by atoms with Crippen LogP contribution in [-0.4, -0.2) is 16.8 Å². The molecule has 4 nitrogen and oxygen atoms in total. The van der Waals surface area contributed by atoms with Crippen LogP contribution in [0.25, 0.3) is 6.08 Å². The quantitative estimate of drug-likeness (QED) is 0.618. The lowest BCUT2D eigenvalue weighted by atomic mass is 10.2. The molecule has 2 amide bonds. The Hall–Kier alpha value is -2.75. The molecule has 98 valence electrons. The number of pyridine rings is 1. The molecular weight excluding hydrogens is 252 g/mol. The molecule has 0 unspecified atom stereocenters. The lowest BCUT2D eigenvalue weighted by molar-refractivity contribution is -0.120. The van der Waals surface area contributed by atoms with Gasteiger partial charge in [-0.3, -0.25) is 14.6 Å². The molecule has 1 fully saturated rings. The van der Waals surface area contributed by atoms with E-state index in [0.29, 0.717) is 17.0 Å². The highest BCUT2D eigenvalue weighted by atomic mass is 16.2. The van der Waals surface area contributed by atoms with Crippen LogP contribution < -0.4 is 4.90 Å². The molecule has 1 aliphatic heterocycles. The molecule has 2 heterocycles. The molecule has 1 aromatic heterocycles. The van der Waals surface area contributed by atoms with E-state index in [0.717, 1.165) is 0 Å². The van der Waals surface area contributed by atoms with Crippen molar-refractivity contribution in [1.82, 2.24) is 4.98 Å². The summed E-state index contributed by atoms with van der Waals surface area (Å²) in [5.41, 5.74) is 1.75. The number of para-hydroxylation sites is 1. The molecule has 0 bridgehead atoms. The fraction of sp³-hybridized carbons (Fsp3) is 0.0625. The van der Waals surface area contributed by atoms with E-state index in [1.807, 2.05) is 12.1 Å². The average molecular weight is 264 g/mol. The minimum atomic E-state index is -0.271. The summed E-state index contributed by atoms with van der Waals surface area (Å²) in [7, 11) is 0. The van der Waals surface area contributed by atoms with Crippen LogP contribution in [-0.2, 0) is 9.59 Å². The average Bonchev–Trinajstić information content (AvgIpc) is 2.75. The summed E-state index contributed by atoms with van der Waals surface area (Å²) in [6.45, 7) is 0. The van der Waals surface area contributed by atoms with Crippen molar-refractivity contribution in [2.75, 3.05) is 4.90 Å². The summed E-state index contributed by atoms with van der Waals surface area (Å²) in [6.07, 6.45) is 3.44. The minimum Gasteiger partial charge on any atom is -0.274 e. The van der Waals surface area contributed by atoms with E-state index in [9.17, 15) is 9.59 Å². The fourth-order valence-electron chi connectivity index (χ4n) is 2.17. The van der Waals surface area contributed by atoms with Gasteiger partial charge in [-0.25, -0.2) is 4.90 Å². The molecule has 0 N–H and O–H groups in total. The van der Waals surface area contributed by atoms with E-state index < -0.39 is 0 Å². The van der Waals surface area contributed by atoms with Gasteiger partial charge in [0.15, 0.2) is 0 Å². The van der Waals surface area contributed by atoms with Crippen molar-refractivity contribution in [2.24, 2.45) is 0 Å².